The number of hydrogen-bond donors (Lipinski definition) is 0. The van der Waals surface area contributed by atoms with Gasteiger partial charge in [0.1, 0.15) is 6.54 Å². The molecular formula is C16H22N2O2. The summed E-state index contributed by atoms with van der Waals surface area (Å²) in [5.41, 5.74) is 1.86. The zero-order chi connectivity index (χ0) is 14.3. The van der Waals surface area contributed by atoms with E-state index in [0.29, 0.717) is 13.0 Å². The summed E-state index contributed by atoms with van der Waals surface area (Å²) in [5, 5.41) is 0. The van der Waals surface area contributed by atoms with E-state index in [4.69, 9.17) is 0 Å². The number of carbonyl (C=O) groups excluding carboxylic acids is 2. The highest BCUT2D eigenvalue weighted by Gasteiger charge is 2.33. The van der Waals surface area contributed by atoms with Crippen LogP contribution in [-0.2, 0) is 17.8 Å². The molecule has 0 unspecified atom stereocenters. The Morgan fingerprint density at radius 1 is 1.25 bits per heavy atom. The van der Waals surface area contributed by atoms with Crippen molar-refractivity contribution in [2.24, 2.45) is 5.41 Å². The minimum atomic E-state index is -0.00310. The van der Waals surface area contributed by atoms with Gasteiger partial charge in [-0.1, -0.05) is 13.8 Å². The van der Waals surface area contributed by atoms with Gasteiger partial charge in [0.15, 0.2) is 5.78 Å². The fourth-order valence-corrected chi connectivity index (χ4v) is 3.36. The van der Waals surface area contributed by atoms with Gasteiger partial charge >= 0.3 is 0 Å². The monoisotopic (exact) mass is 274 g/mol. The van der Waals surface area contributed by atoms with E-state index in [1.807, 2.05) is 21.7 Å². The van der Waals surface area contributed by atoms with E-state index in [9.17, 15) is 9.59 Å². The molecule has 0 radical (unpaired) electrons. The van der Waals surface area contributed by atoms with Crippen molar-refractivity contribution in [3.63, 3.8) is 0 Å². The predicted molar refractivity (Wildman–Crippen MR) is 76.7 cm³/mol. The van der Waals surface area contributed by atoms with Crippen LogP contribution in [-0.4, -0.2) is 34.2 Å². The molecule has 1 saturated heterocycles. The van der Waals surface area contributed by atoms with Gasteiger partial charge in [-0.25, -0.2) is 0 Å². The quantitative estimate of drug-likeness (QED) is 0.830. The van der Waals surface area contributed by atoms with Crippen LogP contribution in [0.15, 0.2) is 12.3 Å². The third-order valence-electron chi connectivity index (χ3n) is 4.43. The van der Waals surface area contributed by atoms with Crippen molar-refractivity contribution in [2.45, 2.75) is 46.1 Å². The van der Waals surface area contributed by atoms with E-state index in [1.54, 1.807) is 0 Å². The predicted octanol–water partition coefficient (Wildman–Crippen LogP) is 2.27. The van der Waals surface area contributed by atoms with Gasteiger partial charge in [0.25, 0.3) is 0 Å². The van der Waals surface area contributed by atoms with Crippen molar-refractivity contribution in [3.8, 4) is 0 Å². The lowest BCUT2D eigenvalue weighted by Gasteiger charge is -2.30. The lowest BCUT2D eigenvalue weighted by molar-refractivity contribution is -0.130. The summed E-state index contributed by atoms with van der Waals surface area (Å²) in [5.74, 6) is 0.389. The summed E-state index contributed by atoms with van der Waals surface area (Å²) in [6, 6.07) is 1.88. The molecule has 0 aromatic carbocycles. The highest BCUT2D eigenvalue weighted by atomic mass is 16.2. The molecular weight excluding hydrogens is 252 g/mol. The minimum absolute atomic E-state index is 0.00310. The highest BCUT2D eigenvalue weighted by Crippen LogP contribution is 2.35. The maximum atomic E-state index is 12.3. The maximum absolute atomic E-state index is 12.3. The van der Waals surface area contributed by atoms with Gasteiger partial charge in [0, 0.05) is 37.0 Å². The number of aromatic nitrogens is 1. The van der Waals surface area contributed by atoms with Crippen LogP contribution in [0.2, 0.25) is 0 Å². The molecule has 20 heavy (non-hydrogen) atoms. The number of amides is 1. The van der Waals surface area contributed by atoms with Crippen LogP contribution in [0.1, 0.15) is 49.2 Å². The third-order valence-corrected chi connectivity index (χ3v) is 4.43. The van der Waals surface area contributed by atoms with Crippen LogP contribution < -0.4 is 0 Å². The van der Waals surface area contributed by atoms with E-state index in [-0.39, 0.29) is 17.1 Å². The smallest absolute Gasteiger partial charge is 0.242 e. The first-order valence-electron chi connectivity index (χ1n) is 7.45. The standard InChI is InChI=1S/C16H22N2O2/c1-16(2)9-13-12(14(19)10-16)5-8-18(13)11-15(20)17-6-3-4-7-17/h5,8H,3-4,6-7,9-11H2,1-2H3. The summed E-state index contributed by atoms with van der Waals surface area (Å²) >= 11 is 0. The van der Waals surface area contributed by atoms with Crippen LogP contribution in [0, 0.1) is 5.41 Å². The molecule has 4 nitrogen and oxygen atoms in total. The van der Waals surface area contributed by atoms with Gasteiger partial charge in [-0.15, -0.1) is 0 Å². The third kappa shape index (κ3) is 2.39. The normalized spacial score (nSPS) is 21.1. The van der Waals surface area contributed by atoms with Crippen molar-refractivity contribution < 1.29 is 9.59 Å². The van der Waals surface area contributed by atoms with Gasteiger partial charge < -0.3 is 9.47 Å². The molecule has 0 spiro atoms. The molecule has 0 saturated carbocycles. The Hall–Kier alpha value is -1.58. The van der Waals surface area contributed by atoms with Gasteiger partial charge in [0.2, 0.25) is 5.91 Å². The molecule has 2 heterocycles. The molecule has 0 N–H and O–H groups in total. The molecule has 1 aliphatic heterocycles. The van der Waals surface area contributed by atoms with Crippen molar-refractivity contribution in [3.05, 3.63) is 23.5 Å². The first kappa shape index (κ1) is 13.4. The molecule has 4 heteroatoms. The fourth-order valence-electron chi connectivity index (χ4n) is 3.36. The topological polar surface area (TPSA) is 42.3 Å². The second kappa shape index (κ2) is 4.76. The summed E-state index contributed by atoms with van der Waals surface area (Å²) in [6.45, 7) is 6.37. The Bertz CT molecular complexity index is 551. The number of fused-ring (bicyclic) bond motifs is 1. The van der Waals surface area contributed by atoms with Crippen LogP contribution in [0.4, 0.5) is 0 Å². The van der Waals surface area contributed by atoms with E-state index < -0.39 is 0 Å². The summed E-state index contributed by atoms with van der Waals surface area (Å²) in [6.07, 6.45) is 5.60. The van der Waals surface area contributed by atoms with Gasteiger partial charge in [-0.2, -0.15) is 0 Å². The number of rotatable bonds is 2. The zero-order valence-corrected chi connectivity index (χ0v) is 12.3. The number of nitrogens with zero attached hydrogens (tertiary/aromatic N) is 2. The van der Waals surface area contributed by atoms with E-state index >= 15 is 0 Å². The largest absolute Gasteiger partial charge is 0.341 e. The lowest BCUT2D eigenvalue weighted by atomic mass is 9.76. The summed E-state index contributed by atoms with van der Waals surface area (Å²) in [4.78, 5) is 26.3. The molecule has 1 aromatic rings. The van der Waals surface area contributed by atoms with E-state index in [2.05, 4.69) is 13.8 Å². The zero-order valence-electron chi connectivity index (χ0n) is 12.3. The van der Waals surface area contributed by atoms with Crippen molar-refractivity contribution >= 4 is 11.7 Å². The average molecular weight is 274 g/mol. The lowest BCUT2D eigenvalue weighted by Crippen LogP contribution is -2.33. The van der Waals surface area contributed by atoms with Crippen LogP contribution in [0.5, 0.6) is 0 Å². The second-order valence-electron chi connectivity index (χ2n) is 6.83. The van der Waals surface area contributed by atoms with Crippen molar-refractivity contribution in [1.82, 2.24) is 9.47 Å². The second-order valence-corrected chi connectivity index (χ2v) is 6.83. The first-order chi connectivity index (χ1) is 9.46. The molecule has 2 aliphatic rings. The Morgan fingerprint density at radius 2 is 1.95 bits per heavy atom. The average Bonchev–Trinajstić information content (AvgIpc) is 2.98. The van der Waals surface area contributed by atoms with E-state index in [1.165, 1.54) is 0 Å². The molecule has 0 bridgehead atoms. The van der Waals surface area contributed by atoms with Crippen LogP contribution >= 0.6 is 0 Å². The maximum Gasteiger partial charge on any atom is 0.242 e. The summed E-state index contributed by atoms with van der Waals surface area (Å²) in [7, 11) is 0. The Balaban J connectivity index is 1.82. The van der Waals surface area contributed by atoms with E-state index in [0.717, 1.165) is 43.6 Å². The molecule has 0 atom stereocenters. The highest BCUT2D eigenvalue weighted by molar-refractivity contribution is 5.99. The molecule has 1 aromatic heterocycles. The minimum Gasteiger partial charge on any atom is -0.341 e. The molecule has 108 valence electrons. The number of hydrogen-bond acceptors (Lipinski definition) is 2. The molecule has 1 fully saturated rings. The number of Topliss-reactive ketones (excluding diaryl/α,β-unsaturated/α-hetero) is 1. The van der Waals surface area contributed by atoms with Gasteiger partial charge in [-0.3, -0.25) is 9.59 Å². The number of ketones is 1. The van der Waals surface area contributed by atoms with Gasteiger partial charge in [-0.05, 0) is 30.7 Å². The van der Waals surface area contributed by atoms with Crippen molar-refractivity contribution in [1.29, 1.82) is 0 Å². The first-order valence-corrected chi connectivity index (χ1v) is 7.45. The van der Waals surface area contributed by atoms with Gasteiger partial charge in [0.05, 0.1) is 0 Å². The Morgan fingerprint density at radius 3 is 2.65 bits per heavy atom. The SMILES string of the molecule is CC1(C)CC(=O)c2ccn(CC(=O)N3CCCC3)c2C1. The number of likely N-dealkylation sites (tertiary alicyclic amines) is 1. The number of carbonyl (C=O) groups is 2. The summed E-state index contributed by atoms with van der Waals surface area (Å²) < 4.78 is 1.98. The Kier molecular flexibility index (Phi) is 3.19. The van der Waals surface area contributed by atoms with Crippen LogP contribution in [0.25, 0.3) is 0 Å². The molecule has 3 rings (SSSR count). The van der Waals surface area contributed by atoms with Crippen molar-refractivity contribution in [2.75, 3.05) is 13.1 Å². The molecule has 1 aliphatic carbocycles. The molecule has 1 amide bonds. The fraction of sp³-hybridized carbons (Fsp3) is 0.625. The Labute approximate surface area is 119 Å². The van der Waals surface area contributed by atoms with Crippen LogP contribution in [0.3, 0.4) is 0 Å².